The number of fused-ring (bicyclic) bond motifs is 3. The molecule has 4 heteroatoms. The number of nitrogens with zero attached hydrogens (tertiary/aromatic N) is 3. The van der Waals surface area contributed by atoms with E-state index in [9.17, 15) is 0 Å². The minimum Gasteiger partial charge on any atom is -0.482 e. The third-order valence-electron chi connectivity index (χ3n) is 9.77. The lowest BCUT2D eigenvalue weighted by Gasteiger charge is -2.35. The van der Waals surface area contributed by atoms with Gasteiger partial charge in [-0.15, -0.1) is 0 Å². The van der Waals surface area contributed by atoms with Crippen molar-refractivity contribution >= 4 is 0 Å². The van der Waals surface area contributed by atoms with Crippen LogP contribution in [0.25, 0.3) is 78.7 Å². The van der Waals surface area contributed by atoms with Crippen LogP contribution in [0.1, 0.15) is 19.4 Å². The number of ether oxygens (including phenoxy) is 1. The van der Waals surface area contributed by atoms with Gasteiger partial charge in [-0.05, 0) is 77.1 Å². The van der Waals surface area contributed by atoms with Crippen molar-refractivity contribution in [3.63, 3.8) is 0 Å². The van der Waals surface area contributed by atoms with E-state index < -0.39 is 5.60 Å². The number of rotatable bonds is 6. The second-order valence-corrected chi connectivity index (χ2v) is 13.6. The molecule has 0 aliphatic carbocycles. The Bertz CT molecular complexity index is 2490. The van der Waals surface area contributed by atoms with Crippen molar-refractivity contribution in [1.82, 2.24) is 15.0 Å². The summed E-state index contributed by atoms with van der Waals surface area (Å²) in [5, 5.41) is 0. The molecule has 8 aromatic rings. The van der Waals surface area contributed by atoms with E-state index in [-0.39, 0.29) is 0 Å². The zero-order valence-corrected chi connectivity index (χ0v) is 29.0. The number of benzene rings is 7. The van der Waals surface area contributed by atoms with Crippen molar-refractivity contribution in [2.75, 3.05) is 0 Å². The predicted molar refractivity (Wildman–Crippen MR) is 212 cm³/mol. The molecule has 1 aliphatic heterocycles. The van der Waals surface area contributed by atoms with Gasteiger partial charge in [0.05, 0.1) is 5.56 Å². The lowest BCUT2D eigenvalue weighted by molar-refractivity contribution is 0.106. The third kappa shape index (κ3) is 5.84. The Hall–Kier alpha value is -6.65. The first-order valence-corrected chi connectivity index (χ1v) is 17.6. The van der Waals surface area contributed by atoms with Gasteiger partial charge >= 0.3 is 0 Å². The van der Waals surface area contributed by atoms with Crippen LogP contribution in [0.5, 0.6) is 5.75 Å². The van der Waals surface area contributed by atoms with E-state index in [2.05, 4.69) is 172 Å². The lowest BCUT2D eigenvalue weighted by Crippen LogP contribution is -2.29. The van der Waals surface area contributed by atoms with E-state index in [1.807, 2.05) is 18.2 Å². The van der Waals surface area contributed by atoms with Crippen LogP contribution in [0.2, 0.25) is 0 Å². The van der Waals surface area contributed by atoms with Crippen LogP contribution in [0.4, 0.5) is 0 Å². The van der Waals surface area contributed by atoms with Crippen molar-refractivity contribution in [3.05, 3.63) is 181 Å². The molecule has 0 bridgehead atoms. The predicted octanol–water partition coefficient (Wildman–Crippen LogP) is 12.2. The van der Waals surface area contributed by atoms with E-state index in [0.29, 0.717) is 17.5 Å². The summed E-state index contributed by atoms with van der Waals surface area (Å²) in [5.74, 6) is 2.52. The van der Waals surface area contributed by atoms with Crippen molar-refractivity contribution in [1.29, 1.82) is 0 Å². The summed E-state index contributed by atoms with van der Waals surface area (Å²) in [6, 6.07) is 61.1. The maximum Gasteiger partial charge on any atom is 0.167 e. The second-order valence-electron chi connectivity index (χ2n) is 13.6. The summed E-state index contributed by atoms with van der Waals surface area (Å²) >= 11 is 0. The summed E-state index contributed by atoms with van der Waals surface area (Å²) in [6.45, 7) is 4.23. The highest BCUT2D eigenvalue weighted by atomic mass is 16.5. The third-order valence-corrected chi connectivity index (χ3v) is 9.77. The minimum absolute atomic E-state index is 0.541. The van der Waals surface area contributed by atoms with E-state index in [0.717, 1.165) is 72.5 Å². The first kappa shape index (κ1) is 31.3. The molecule has 0 radical (unpaired) electrons. The highest BCUT2D eigenvalue weighted by Crippen LogP contribution is 2.49. The summed E-state index contributed by atoms with van der Waals surface area (Å²) < 4.78 is 6.84. The van der Waals surface area contributed by atoms with Crippen LogP contribution < -0.4 is 4.74 Å². The number of aromatic nitrogens is 3. The second kappa shape index (κ2) is 12.9. The fourth-order valence-electron chi connectivity index (χ4n) is 7.14. The molecule has 1 aromatic heterocycles. The van der Waals surface area contributed by atoms with Gasteiger partial charge in [-0.2, -0.15) is 0 Å². The molecule has 0 unspecified atom stereocenters. The molecule has 7 aromatic carbocycles. The molecule has 0 saturated heterocycles. The molecule has 4 nitrogen and oxygen atoms in total. The normalized spacial score (nSPS) is 12.7. The molecule has 0 fully saturated rings. The van der Waals surface area contributed by atoms with Gasteiger partial charge in [0.1, 0.15) is 11.4 Å². The zero-order valence-electron chi connectivity index (χ0n) is 29.0. The van der Waals surface area contributed by atoms with E-state index >= 15 is 0 Å². The van der Waals surface area contributed by atoms with Gasteiger partial charge in [0.2, 0.25) is 0 Å². The quantitative estimate of drug-likeness (QED) is 0.177. The largest absolute Gasteiger partial charge is 0.482 e. The van der Waals surface area contributed by atoms with Gasteiger partial charge in [-0.25, -0.2) is 15.0 Å². The van der Waals surface area contributed by atoms with Gasteiger partial charge in [-0.1, -0.05) is 152 Å². The average molecular weight is 670 g/mol. The van der Waals surface area contributed by atoms with Crippen LogP contribution in [0.3, 0.4) is 0 Å². The number of para-hydroxylation sites is 1. The van der Waals surface area contributed by atoms with Gasteiger partial charge in [-0.3, -0.25) is 0 Å². The summed E-state index contributed by atoms with van der Waals surface area (Å²) in [4.78, 5) is 15.6. The molecule has 248 valence electrons. The van der Waals surface area contributed by atoms with Crippen LogP contribution >= 0.6 is 0 Å². The Kier molecular flexibility index (Phi) is 7.78. The number of hydrogen-bond acceptors (Lipinski definition) is 4. The van der Waals surface area contributed by atoms with Crippen molar-refractivity contribution in [2.45, 2.75) is 19.4 Å². The Labute approximate surface area is 304 Å². The first-order chi connectivity index (χ1) is 25.5. The molecule has 0 amide bonds. The molecular weight excluding hydrogens is 635 g/mol. The minimum atomic E-state index is -0.541. The van der Waals surface area contributed by atoms with Crippen molar-refractivity contribution < 1.29 is 4.74 Å². The van der Waals surface area contributed by atoms with Crippen molar-refractivity contribution in [2.24, 2.45) is 0 Å². The zero-order chi connectivity index (χ0) is 35.1. The molecule has 2 heterocycles. The summed E-state index contributed by atoms with van der Waals surface area (Å²) in [7, 11) is 0. The highest BCUT2D eigenvalue weighted by molar-refractivity contribution is 5.85. The molecule has 0 saturated carbocycles. The smallest absolute Gasteiger partial charge is 0.167 e. The van der Waals surface area contributed by atoms with Gasteiger partial charge in [0.15, 0.2) is 17.5 Å². The average Bonchev–Trinajstić information content (AvgIpc) is 3.21. The summed E-state index contributed by atoms with van der Waals surface area (Å²) in [6.07, 6.45) is 0. The lowest BCUT2D eigenvalue weighted by atomic mass is 9.85. The maximum absolute atomic E-state index is 6.84. The Balaban J connectivity index is 1.26. The van der Waals surface area contributed by atoms with E-state index in [1.54, 1.807) is 0 Å². The Morgan fingerprint density at radius 3 is 1.38 bits per heavy atom. The van der Waals surface area contributed by atoms with Crippen LogP contribution in [0, 0.1) is 0 Å². The fourth-order valence-corrected chi connectivity index (χ4v) is 7.14. The number of hydrogen-bond donors (Lipinski definition) is 0. The molecular formula is C48H35N3O. The standard InChI is InChI=1S/C48H35N3O/c1-48(2)43-24-13-12-21-40(43)41-22-14-23-42(44(41)52-48)47-50-45(36-27-25-35(26-28-36)32-15-6-3-7-16-32)49-46(51-47)39-30-37(33-17-8-4-9-18-33)29-38(31-39)34-19-10-5-11-20-34/h3-31H,1-2H3. The molecule has 0 atom stereocenters. The topological polar surface area (TPSA) is 47.9 Å². The Morgan fingerprint density at radius 1 is 0.346 bits per heavy atom. The molecule has 0 spiro atoms. The molecule has 1 aliphatic rings. The Morgan fingerprint density at radius 2 is 0.769 bits per heavy atom. The summed E-state index contributed by atoms with van der Waals surface area (Å²) in [5.41, 5.74) is 12.2. The van der Waals surface area contributed by atoms with Crippen LogP contribution in [-0.2, 0) is 5.60 Å². The highest BCUT2D eigenvalue weighted by Gasteiger charge is 2.34. The van der Waals surface area contributed by atoms with Gasteiger partial charge < -0.3 is 4.74 Å². The van der Waals surface area contributed by atoms with Crippen LogP contribution in [-0.4, -0.2) is 15.0 Å². The van der Waals surface area contributed by atoms with E-state index in [1.165, 1.54) is 0 Å². The van der Waals surface area contributed by atoms with Gasteiger partial charge in [0, 0.05) is 22.3 Å². The molecule has 52 heavy (non-hydrogen) atoms. The SMILES string of the molecule is CC1(C)Oc2c(-c3nc(-c4ccc(-c5ccccc5)cc4)nc(-c4cc(-c5ccccc5)cc(-c5ccccc5)c4)n3)cccc2-c2ccccc21. The fraction of sp³-hybridized carbons (Fsp3) is 0.0625. The van der Waals surface area contributed by atoms with Crippen molar-refractivity contribution in [3.8, 4) is 84.4 Å². The van der Waals surface area contributed by atoms with E-state index in [4.69, 9.17) is 19.7 Å². The monoisotopic (exact) mass is 669 g/mol. The molecule has 9 rings (SSSR count). The van der Waals surface area contributed by atoms with Crippen LogP contribution in [0.15, 0.2) is 176 Å². The maximum atomic E-state index is 6.84. The first-order valence-electron chi connectivity index (χ1n) is 17.6. The molecule has 0 N–H and O–H groups in total. The van der Waals surface area contributed by atoms with Gasteiger partial charge in [0.25, 0.3) is 0 Å².